The Hall–Kier alpha value is -3.59. The van der Waals surface area contributed by atoms with E-state index in [1.54, 1.807) is 32.2 Å². The predicted octanol–water partition coefficient (Wildman–Crippen LogP) is 5.97. The van der Waals surface area contributed by atoms with Crippen LogP contribution in [0.15, 0.2) is 48.5 Å². The summed E-state index contributed by atoms with van der Waals surface area (Å²) in [6, 6.07) is 13.9. The molecule has 7 nitrogen and oxygen atoms in total. The van der Waals surface area contributed by atoms with Crippen molar-refractivity contribution in [3.63, 3.8) is 0 Å². The lowest BCUT2D eigenvalue weighted by atomic mass is 10.1. The van der Waals surface area contributed by atoms with E-state index in [1.807, 2.05) is 24.3 Å². The first-order valence-corrected chi connectivity index (χ1v) is 11.8. The number of hydrogen-bond acceptors (Lipinski definition) is 6. The van der Waals surface area contributed by atoms with Crippen LogP contribution in [0.3, 0.4) is 0 Å². The molecule has 0 amide bonds. The van der Waals surface area contributed by atoms with Crippen LogP contribution >= 0.6 is 0 Å². The summed E-state index contributed by atoms with van der Waals surface area (Å²) in [5, 5.41) is 0. The Kier molecular flexibility index (Phi) is 8.43. The zero-order valence-corrected chi connectivity index (χ0v) is 20.2. The summed E-state index contributed by atoms with van der Waals surface area (Å²) in [5.41, 5.74) is 3.09. The molecule has 1 heterocycles. The third kappa shape index (κ3) is 6.75. The Morgan fingerprint density at radius 1 is 1.06 bits per heavy atom. The van der Waals surface area contributed by atoms with E-state index in [4.69, 9.17) is 18.9 Å². The number of carbonyl (C=O) groups is 1. The van der Waals surface area contributed by atoms with Gasteiger partial charge >= 0.3 is 12.6 Å². The number of benzene rings is 2. The van der Waals surface area contributed by atoms with Crippen LogP contribution in [-0.4, -0.2) is 37.9 Å². The molecule has 9 heteroatoms. The SMILES string of the molecule is CCOC(=O)c1cc(-c2ccc(OC(F)F)c(OCC3CC3)c2)[nH]c1COCc1ccc(OC)cc1. The molecule has 36 heavy (non-hydrogen) atoms. The van der Waals surface area contributed by atoms with E-state index in [9.17, 15) is 13.6 Å². The zero-order valence-electron chi connectivity index (χ0n) is 20.2. The number of alkyl halides is 2. The minimum Gasteiger partial charge on any atom is -0.497 e. The molecule has 1 aliphatic rings. The van der Waals surface area contributed by atoms with Gasteiger partial charge in [0.05, 0.1) is 44.8 Å². The van der Waals surface area contributed by atoms with Crippen molar-refractivity contribution < 1.29 is 37.3 Å². The predicted molar refractivity (Wildman–Crippen MR) is 129 cm³/mol. The van der Waals surface area contributed by atoms with E-state index >= 15 is 0 Å². The fourth-order valence-corrected chi connectivity index (χ4v) is 3.62. The molecule has 0 aliphatic heterocycles. The lowest BCUT2D eigenvalue weighted by Gasteiger charge is -2.13. The summed E-state index contributed by atoms with van der Waals surface area (Å²) in [6.45, 7) is -0.0980. The molecular formula is C27H29F2NO6. The lowest BCUT2D eigenvalue weighted by molar-refractivity contribution is -0.0515. The first kappa shape index (κ1) is 25.5. The van der Waals surface area contributed by atoms with E-state index in [1.165, 1.54) is 6.07 Å². The van der Waals surface area contributed by atoms with Gasteiger partial charge in [-0.05, 0) is 67.6 Å². The van der Waals surface area contributed by atoms with Crippen molar-refractivity contribution in [3.05, 3.63) is 65.4 Å². The number of H-pyrrole nitrogens is 1. The molecule has 0 saturated heterocycles. The van der Waals surface area contributed by atoms with Gasteiger partial charge in [-0.15, -0.1) is 0 Å². The maximum absolute atomic E-state index is 12.9. The molecule has 1 saturated carbocycles. The van der Waals surface area contributed by atoms with Crippen LogP contribution in [0, 0.1) is 5.92 Å². The van der Waals surface area contributed by atoms with Crippen LogP contribution in [0.1, 0.15) is 41.4 Å². The minimum absolute atomic E-state index is 0.0328. The second-order valence-corrected chi connectivity index (χ2v) is 8.43. The molecule has 0 bridgehead atoms. The standard InChI is InChI=1S/C27H29F2NO6/c1-3-34-26(31)21-13-22(30-23(21)16-33-14-17-6-9-20(32-2)10-7-17)19-8-11-24(36-27(28)29)25(12-19)35-15-18-4-5-18/h6-13,18,27,30H,3-5,14-16H2,1-2H3. The number of aromatic amines is 1. The first-order chi connectivity index (χ1) is 17.5. The van der Waals surface area contributed by atoms with E-state index in [0.29, 0.717) is 41.6 Å². The first-order valence-electron chi connectivity index (χ1n) is 11.8. The number of rotatable bonds is 13. The van der Waals surface area contributed by atoms with E-state index < -0.39 is 12.6 Å². The number of nitrogens with one attached hydrogen (secondary N) is 1. The molecule has 0 spiro atoms. The number of methoxy groups -OCH3 is 1. The van der Waals surface area contributed by atoms with Crippen molar-refractivity contribution in [3.8, 4) is 28.5 Å². The Morgan fingerprint density at radius 3 is 2.50 bits per heavy atom. The molecule has 192 valence electrons. The van der Waals surface area contributed by atoms with Gasteiger partial charge in [-0.1, -0.05) is 12.1 Å². The van der Waals surface area contributed by atoms with Gasteiger partial charge in [0.25, 0.3) is 0 Å². The number of halogens is 2. The fourth-order valence-electron chi connectivity index (χ4n) is 3.62. The fraction of sp³-hybridized carbons (Fsp3) is 0.370. The largest absolute Gasteiger partial charge is 0.497 e. The summed E-state index contributed by atoms with van der Waals surface area (Å²) in [7, 11) is 1.60. The quantitative estimate of drug-likeness (QED) is 0.291. The Morgan fingerprint density at radius 2 is 1.83 bits per heavy atom. The summed E-state index contributed by atoms with van der Waals surface area (Å²) in [6.07, 6.45) is 2.12. The van der Waals surface area contributed by atoms with Crippen LogP contribution in [0.4, 0.5) is 8.78 Å². The summed E-state index contributed by atoms with van der Waals surface area (Å²) >= 11 is 0. The molecule has 3 aromatic rings. The maximum Gasteiger partial charge on any atom is 0.387 e. The van der Waals surface area contributed by atoms with Crippen LogP contribution in [0.25, 0.3) is 11.3 Å². The highest BCUT2D eigenvalue weighted by Crippen LogP contribution is 2.37. The average molecular weight is 502 g/mol. The van der Waals surface area contributed by atoms with Crippen molar-refractivity contribution in [2.45, 2.75) is 39.6 Å². The highest BCUT2D eigenvalue weighted by molar-refractivity contribution is 5.92. The monoisotopic (exact) mass is 501 g/mol. The van der Waals surface area contributed by atoms with Crippen LogP contribution < -0.4 is 14.2 Å². The zero-order chi connectivity index (χ0) is 25.5. The average Bonchev–Trinajstić information content (AvgIpc) is 3.61. The molecule has 0 atom stereocenters. The van der Waals surface area contributed by atoms with Gasteiger partial charge in [0.15, 0.2) is 11.5 Å². The van der Waals surface area contributed by atoms with Gasteiger partial charge < -0.3 is 28.7 Å². The topological polar surface area (TPSA) is 79.0 Å². The summed E-state index contributed by atoms with van der Waals surface area (Å²) in [5.74, 6) is 0.899. The summed E-state index contributed by atoms with van der Waals surface area (Å²) < 4.78 is 52.4. The number of carbonyl (C=O) groups excluding carboxylic acids is 1. The van der Waals surface area contributed by atoms with Crippen LogP contribution in [0.5, 0.6) is 17.2 Å². The molecule has 0 unspecified atom stereocenters. The van der Waals surface area contributed by atoms with Gasteiger partial charge in [-0.25, -0.2) is 4.79 Å². The molecular weight excluding hydrogens is 472 g/mol. The van der Waals surface area contributed by atoms with E-state index in [0.717, 1.165) is 24.2 Å². The number of esters is 1. The summed E-state index contributed by atoms with van der Waals surface area (Å²) in [4.78, 5) is 15.8. The Bertz CT molecular complexity index is 1160. The number of hydrogen-bond donors (Lipinski definition) is 1. The van der Waals surface area contributed by atoms with Gasteiger partial charge in [-0.3, -0.25) is 0 Å². The second kappa shape index (κ2) is 11.9. The van der Waals surface area contributed by atoms with Gasteiger partial charge in [0.2, 0.25) is 0 Å². The number of aromatic nitrogens is 1. The van der Waals surface area contributed by atoms with Crippen LogP contribution in [-0.2, 0) is 22.7 Å². The Labute approximate surface area is 208 Å². The minimum atomic E-state index is -2.96. The molecule has 4 rings (SSSR count). The van der Waals surface area contributed by atoms with Crippen molar-refractivity contribution in [1.29, 1.82) is 0 Å². The molecule has 2 aromatic carbocycles. The highest BCUT2D eigenvalue weighted by atomic mass is 19.3. The lowest BCUT2D eigenvalue weighted by Crippen LogP contribution is -2.07. The van der Waals surface area contributed by atoms with Crippen molar-refractivity contribution in [2.75, 3.05) is 20.3 Å². The van der Waals surface area contributed by atoms with Gasteiger partial charge in [0, 0.05) is 11.3 Å². The van der Waals surface area contributed by atoms with Crippen molar-refractivity contribution in [2.24, 2.45) is 5.92 Å². The molecule has 1 N–H and O–H groups in total. The van der Waals surface area contributed by atoms with E-state index in [2.05, 4.69) is 9.72 Å². The molecule has 0 radical (unpaired) electrons. The molecule has 1 aromatic heterocycles. The van der Waals surface area contributed by atoms with Crippen molar-refractivity contribution in [1.82, 2.24) is 4.98 Å². The van der Waals surface area contributed by atoms with Crippen LogP contribution in [0.2, 0.25) is 0 Å². The number of ether oxygens (including phenoxy) is 5. The van der Waals surface area contributed by atoms with Gasteiger partial charge in [-0.2, -0.15) is 8.78 Å². The third-order valence-corrected chi connectivity index (χ3v) is 5.71. The third-order valence-electron chi connectivity index (χ3n) is 5.71. The smallest absolute Gasteiger partial charge is 0.387 e. The van der Waals surface area contributed by atoms with Gasteiger partial charge in [0.1, 0.15) is 5.75 Å². The molecule has 1 fully saturated rings. The normalized spacial score (nSPS) is 13.0. The second-order valence-electron chi connectivity index (χ2n) is 8.43. The molecule has 1 aliphatic carbocycles. The van der Waals surface area contributed by atoms with Crippen molar-refractivity contribution >= 4 is 5.97 Å². The van der Waals surface area contributed by atoms with E-state index in [-0.39, 0.29) is 24.7 Å². The Balaban J connectivity index is 1.54. The maximum atomic E-state index is 12.9. The highest BCUT2D eigenvalue weighted by Gasteiger charge is 2.24.